The summed E-state index contributed by atoms with van der Waals surface area (Å²) in [7, 11) is 3.38. The minimum Gasteiger partial charge on any atom is -0.493 e. The lowest BCUT2D eigenvalue weighted by Gasteiger charge is -2.48. The van der Waals surface area contributed by atoms with Crippen molar-refractivity contribution in [2.24, 2.45) is 5.92 Å². The lowest BCUT2D eigenvalue weighted by molar-refractivity contribution is -0.141. The molecule has 31 heavy (non-hydrogen) atoms. The van der Waals surface area contributed by atoms with Gasteiger partial charge in [0, 0.05) is 54.1 Å². The van der Waals surface area contributed by atoms with Crippen LogP contribution in [0.2, 0.25) is 0 Å². The van der Waals surface area contributed by atoms with Crippen molar-refractivity contribution in [3.05, 3.63) is 23.4 Å². The summed E-state index contributed by atoms with van der Waals surface area (Å²) in [6.45, 7) is 9.07. The molecule has 1 N–H and O–H groups in total. The van der Waals surface area contributed by atoms with Crippen molar-refractivity contribution < 1.29 is 19.0 Å². The lowest BCUT2D eigenvalue weighted by atomic mass is 9.68. The quantitative estimate of drug-likeness (QED) is 0.522. The molecule has 1 aromatic heterocycles. The van der Waals surface area contributed by atoms with Gasteiger partial charge in [0.25, 0.3) is 0 Å². The summed E-state index contributed by atoms with van der Waals surface area (Å²) in [5.74, 6) is 2.02. The van der Waals surface area contributed by atoms with Crippen LogP contribution in [-0.4, -0.2) is 55.8 Å². The van der Waals surface area contributed by atoms with Crippen molar-refractivity contribution in [1.82, 2.24) is 9.88 Å². The summed E-state index contributed by atoms with van der Waals surface area (Å²) in [6, 6.07) is 4.70. The molecule has 6 nitrogen and oxygen atoms in total. The van der Waals surface area contributed by atoms with E-state index in [1.54, 1.807) is 14.2 Å². The van der Waals surface area contributed by atoms with Crippen LogP contribution in [0.3, 0.4) is 0 Å². The molecule has 4 rings (SSSR count). The Labute approximate surface area is 185 Å². The van der Waals surface area contributed by atoms with Gasteiger partial charge < -0.3 is 19.2 Å². The second kappa shape index (κ2) is 8.73. The van der Waals surface area contributed by atoms with Crippen LogP contribution in [0.1, 0.15) is 57.7 Å². The number of hydrogen-bond acceptors (Lipinski definition) is 5. The average molecular weight is 429 g/mol. The molecular weight excluding hydrogens is 392 g/mol. The van der Waals surface area contributed by atoms with Crippen molar-refractivity contribution in [3.63, 3.8) is 0 Å². The van der Waals surface area contributed by atoms with Gasteiger partial charge in [-0.3, -0.25) is 9.69 Å². The first-order valence-corrected chi connectivity index (χ1v) is 11.5. The Kier molecular flexibility index (Phi) is 6.20. The minimum absolute atomic E-state index is 0.0735. The van der Waals surface area contributed by atoms with E-state index in [-0.39, 0.29) is 11.4 Å². The second-order valence-corrected chi connectivity index (χ2v) is 9.48. The Hall–Kier alpha value is -2.21. The number of nitrogens with zero attached hydrogens (tertiary/aromatic N) is 1. The maximum atomic E-state index is 11.0. The average Bonchev–Trinajstić information content (AvgIpc) is 3.09. The highest BCUT2D eigenvalue weighted by molar-refractivity contribution is 5.88. The number of methoxy groups -OCH3 is 2. The number of nitrogens with one attached hydrogen (secondary N) is 1. The Morgan fingerprint density at radius 1 is 1.23 bits per heavy atom. The molecule has 170 valence electrons. The molecule has 2 aliphatic rings. The zero-order valence-electron chi connectivity index (χ0n) is 19.5. The fraction of sp³-hybridized carbons (Fsp3) is 0.640. The third-order valence-corrected chi connectivity index (χ3v) is 7.62. The van der Waals surface area contributed by atoms with Gasteiger partial charge in [-0.1, -0.05) is 6.92 Å². The summed E-state index contributed by atoms with van der Waals surface area (Å²) in [4.78, 5) is 17.5. The molecule has 1 saturated heterocycles. The number of aromatic amines is 1. The van der Waals surface area contributed by atoms with Crippen LogP contribution >= 0.6 is 0 Å². The molecule has 2 aliphatic heterocycles. The predicted molar refractivity (Wildman–Crippen MR) is 122 cm³/mol. The number of rotatable bonds is 7. The normalized spacial score (nSPS) is 27.5. The molecule has 2 bridgehead atoms. The molecule has 0 radical (unpaired) electrons. The van der Waals surface area contributed by atoms with Crippen molar-refractivity contribution in [3.8, 4) is 11.5 Å². The van der Waals surface area contributed by atoms with Crippen LogP contribution in [0.4, 0.5) is 0 Å². The number of carbonyl (C=O) groups excluding carboxylic acids is 1. The fourth-order valence-corrected chi connectivity index (χ4v) is 5.85. The van der Waals surface area contributed by atoms with Crippen molar-refractivity contribution in [2.45, 2.75) is 64.3 Å². The van der Waals surface area contributed by atoms with Gasteiger partial charge in [-0.2, -0.15) is 0 Å². The van der Waals surface area contributed by atoms with Gasteiger partial charge in [0.05, 0.1) is 20.8 Å². The fourth-order valence-electron chi connectivity index (χ4n) is 5.85. The van der Waals surface area contributed by atoms with E-state index in [0.29, 0.717) is 18.6 Å². The van der Waals surface area contributed by atoms with Gasteiger partial charge in [-0.05, 0) is 56.6 Å². The molecule has 0 aliphatic carbocycles. The topological polar surface area (TPSA) is 63.8 Å². The van der Waals surface area contributed by atoms with Crippen molar-refractivity contribution in [2.75, 3.05) is 33.9 Å². The van der Waals surface area contributed by atoms with E-state index in [1.807, 2.05) is 0 Å². The van der Waals surface area contributed by atoms with Crippen LogP contribution in [0.25, 0.3) is 10.9 Å². The Morgan fingerprint density at radius 3 is 2.68 bits per heavy atom. The van der Waals surface area contributed by atoms with Gasteiger partial charge in [-0.25, -0.2) is 0 Å². The molecule has 0 spiro atoms. The van der Waals surface area contributed by atoms with Crippen LogP contribution in [0, 0.1) is 5.92 Å². The number of H-pyrrole nitrogens is 1. The molecule has 4 atom stereocenters. The lowest BCUT2D eigenvalue weighted by Crippen LogP contribution is -2.54. The van der Waals surface area contributed by atoms with Gasteiger partial charge >= 0.3 is 5.97 Å². The van der Waals surface area contributed by atoms with E-state index < -0.39 is 0 Å². The monoisotopic (exact) mass is 428 g/mol. The smallest absolute Gasteiger partial charge is 0.302 e. The maximum absolute atomic E-state index is 11.0. The second-order valence-electron chi connectivity index (χ2n) is 9.48. The number of aromatic nitrogens is 1. The maximum Gasteiger partial charge on any atom is 0.302 e. The number of fused-ring (bicyclic) bond motifs is 6. The Morgan fingerprint density at radius 2 is 1.97 bits per heavy atom. The summed E-state index contributed by atoms with van der Waals surface area (Å²) in [6.07, 6.45) is 5.44. The molecule has 0 amide bonds. The highest BCUT2D eigenvalue weighted by Gasteiger charge is 2.47. The number of carbonyl (C=O) groups is 1. The number of benzene rings is 1. The zero-order valence-corrected chi connectivity index (χ0v) is 19.5. The first kappa shape index (κ1) is 22.0. The van der Waals surface area contributed by atoms with Crippen molar-refractivity contribution >= 4 is 16.9 Å². The van der Waals surface area contributed by atoms with E-state index in [0.717, 1.165) is 49.4 Å². The first-order valence-electron chi connectivity index (χ1n) is 11.5. The van der Waals surface area contributed by atoms with Crippen LogP contribution in [-0.2, 0) is 21.4 Å². The molecular formula is C25H36N2O4. The van der Waals surface area contributed by atoms with Gasteiger partial charge in [-0.15, -0.1) is 0 Å². The van der Waals surface area contributed by atoms with Crippen LogP contribution in [0.5, 0.6) is 11.5 Å². The van der Waals surface area contributed by atoms with E-state index >= 15 is 0 Å². The third-order valence-electron chi connectivity index (χ3n) is 7.62. The summed E-state index contributed by atoms with van der Waals surface area (Å²) in [5.41, 5.74) is 4.03. The first-order chi connectivity index (χ1) is 14.9. The highest BCUT2D eigenvalue weighted by Crippen LogP contribution is 2.47. The number of esters is 1. The molecule has 0 saturated carbocycles. The molecule has 2 aromatic rings. The van der Waals surface area contributed by atoms with E-state index in [9.17, 15) is 4.79 Å². The van der Waals surface area contributed by atoms with Crippen molar-refractivity contribution in [1.29, 1.82) is 0 Å². The Balaban J connectivity index is 1.61. The van der Waals surface area contributed by atoms with Crippen LogP contribution in [0.15, 0.2) is 12.1 Å². The summed E-state index contributed by atoms with van der Waals surface area (Å²) >= 11 is 0. The number of unbranched alkanes of at least 4 members (excludes halogenated alkanes) is 1. The summed E-state index contributed by atoms with van der Waals surface area (Å²) in [5, 5.41) is 1.26. The predicted octanol–water partition coefficient (Wildman–Crippen LogP) is 4.44. The Bertz CT molecular complexity index is 953. The molecule has 3 heterocycles. The number of ether oxygens (including phenoxy) is 3. The number of piperidine rings is 1. The third kappa shape index (κ3) is 4.02. The zero-order chi connectivity index (χ0) is 22.2. The summed E-state index contributed by atoms with van der Waals surface area (Å²) < 4.78 is 16.2. The molecule has 3 unspecified atom stereocenters. The van der Waals surface area contributed by atoms with Crippen LogP contribution < -0.4 is 9.47 Å². The number of hydrogen-bond donors (Lipinski definition) is 1. The minimum atomic E-state index is -0.185. The van der Waals surface area contributed by atoms with E-state index in [1.165, 1.54) is 36.4 Å². The van der Waals surface area contributed by atoms with Gasteiger partial charge in [0.1, 0.15) is 0 Å². The SMILES string of the molecule is COc1cc2[nH]c3c(c2cc1OC)CCN1C[C@@H](CCCCOC(C)=O)CC3(C)C1C. The molecule has 1 fully saturated rings. The standard InChI is InChI=1S/C25H36N2O4/c1-16-25(3)14-18(8-6-7-11-31-17(2)28)15-27(16)10-9-19-20-12-22(29-4)23(30-5)13-21(20)26-24(19)25/h12-13,16,18,26H,6-11,14-15H2,1-5H3/t16?,18-,25?/m0/s1. The molecule has 1 aromatic carbocycles. The van der Waals surface area contributed by atoms with E-state index in [4.69, 9.17) is 14.2 Å². The van der Waals surface area contributed by atoms with Gasteiger partial charge in [0.15, 0.2) is 11.5 Å². The molecule has 6 heteroatoms. The van der Waals surface area contributed by atoms with Gasteiger partial charge in [0.2, 0.25) is 0 Å². The largest absolute Gasteiger partial charge is 0.493 e. The van der Waals surface area contributed by atoms with E-state index in [2.05, 4.69) is 35.9 Å². The highest BCUT2D eigenvalue weighted by atomic mass is 16.5.